The van der Waals surface area contributed by atoms with E-state index >= 15 is 0 Å². The molecule has 5 nitrogen and oxygen atoms in total. The van der Waals surface area contributed by atoms with Crippen LogP contribution < -0.4 is 5.76 Å². The largest absolute Gasteiger partial charge is 0.466 e. The van der Waals surface area contributed by atoms with Crippen LogP contribution in [-0.2, 0) is 22.4 Å². The summed E-state index contributed by atoms with van der Waals surface area (Å²) in [6, 6.07) is 6.86. The second kappa shape index (κ2) is 5.26. The molecule has 0 N–H and O–H groups in total. The van der Waals surface area contributed by atoms with Gasteiger partial charge in [-0.2, -0.15) is 0 Å². The van der Waals surface area contributed by atoms with Gasteiger partial charge in [0.1, 0.15) is 5.76 Å². The number of benzene rings is 1. The first-order valence-corrected chi connectivity index (χ1v) is 6.75. The monoisotopic (exact) mass is 305 g/mol. The molecular formula is C15H12ClNO4. The molecule has 1 heterocycles. The standard InChI is InChI=1S/C15H12ClNO4/c1-20-14(18)9-2-7-13-12(8-9)17(15(19)21-13)11-5-3-10(16)4-6-11/h2-6H,7-8H2,1H3. The molecule has 3 rings (SSSR count). The average molecular weight is 306 g/mol. The molecule has 0 aliphatic heterocycles. The highest BCUT2D eigenvalue weighted by atomic mass is 35.5. The van der Waals surface area contributed by atoms with Crippen molar-refractivity contribution in [2.45, 2.75) is 12.8 Å². The molecule has 0 atom stereocenters. The zero-order valence-electron chi connectivity index (χ0n) is 11.3. The van der Waals surface area contributed by atoms with Crippen molar-refractivity contribution in [3.8, 4) is 5.69 Å². The lowest BCUT2D eigenvalue weighted by atomic mass is 10.0. The van der Waals surface area contributed by atoms with Crippen LogP contribution in [0.25, 0.3) is 5.69 Å². The van der Waals surface area contributed by atoms with Gasteiger partial charge in [0.05, 0.1) is 18.5 Å². The van der Waals surface area contributed by atoms with Crippen LogP contribution >= 0.6 is 11.6 Å². The Hall–Kier alpha value is -2.27. The molecule has 108 valence electrons. The van der Waals surface area contributed by atoms with Crippen LogP contribution in [0.2, 0.25) is 5.02 Å². The molecule has 0 spiro atoms. The van der Waals surface area contributed by atoms with E-state index in [1.807, 2.05) is 0 Å². The summed E-state index contributed by atoms with van der Waals surface area (Å²) in [5.41, 5.74) is 1.85. The predicted molar refractivity (Wildman–Crippen MR) is 76.8 cm³/mol. The van der Waals surface area contributed by atoms with Gasteiger partial charge < -0.3 is 9.15 Å². The van der Waals surface area contributed by atoms with E-state index in [2.05, 4.69) is 0 Å². The van der Waals surface area contributed by atoms with Crippen molar-refractivity contribution in [3.63, 3.8) is 0 Å². The van der Waals surface area contributed by atoms with Crippen molar-refractivity contribution >= 4 is 17.6 Å². The number of carbonyl (C=O) groups excluding carboxylic acids is 1. The normalized spacial score (nSPS) is 13.5. The minimum Gasteiger partial charge on any atom is -0.466 e. The minimum atomic E-state index is -0.471. The summed E-state index contributed by atoms with van der Waals surface area (Å²) in [5.74, 6) is -0.290. The second-order valence-corrected chi connectivity index (χ2v) is 5.09. The molecule has 0 bridgehead atoms. The third-order valence-corrected chi connectivity index (χ3v) is 3.66. The Bertz CT molecular complexity index is 783. The molecule has 1 aliphatic carbocycles. The predicted octanol–water partition coefficient (Wildman–Crippen LogP) is 2.28. The zero-order chi connectivity index (χ0) is 15.0. The van der Waals surface area contributed by atoms with Gasteiger partial charge in [0.2, 0.25) is 0 Å². The van der Waals surface area contributed by atoms with Crippen LogP contribution in [0.3, 0.4) is 0 Å². The number of allylic oxidation sites excluding steroid dienone is 1. The van der Waals surface area contributed by atoms with E-state index in [0.29, 0.717) is 40.6 Å². The summed E-state index contributed by atoms with van der Waals surface area (Å²) in [6.07, 6.45) is 2.43. The van der Waals surface area contributed by atoms with Crippen LogP contribution in [0.1, 0.15) is 11.5 Å². The number of esters is 1. The molecule has 0 unspecified atom stereocenters. The van der Waals surface area contributed by atoms with Crippen molar-refractivity contribution < 1.29 is 13.9 Å². The highest BCUT2D eigenvalue weighted by Gasteiger charge is 2.25. The number of oxazole rings is 1. The first-order valence-electron chi connectivity index (χ1n) is 6.37. The summed E-state index contributed by atoms with van der Waals surface area (Å²) in [4.78, 5) is 23.7. The molecule has 0 radical (unpaired) electrons. The van der Waals surface area contributed by atoms with Gasteiger partial charge in [0, 0.05) is 23.4 Å². The fourth-order valence-electron chi connectivity index (χ4n) is 2.39. The number of hydrogen-bond donors (Lipinski definition) is 0. The number of halogens is 1. The van der Waals surface area contributed by atoms with E-state index in [0.717, 1.165) is 0 Å². The van der Waals surface area contributed by atoms with E-state index in [4.69, 9.17) is 20.8 Å². The fourth-order valence-corrected chi connectivity index (χ4v) is 2.51. The third-order valence-electron chi connectivity index (χ3n) is 3.41. The summed E-state index contributed by atoms with van der Waals surface area (Å²) >= 11 is 5.86. The number of ether oxygens (including phenoxy) is 1. The van der Waals surface area contributed by atoms with Gasteiger partial charge in [-0.25, -0.2) is 14.2 Å². The molecule has 6 heteroatoms. The molecule has 1 aromatic carbocycles. The number of hydrogen-bond acceptors (Lipinski definition) is 4. The Labute approximate surface area is 125 Å². The molecule has 0 amide bonds. The highest BCUT2D eigenvalue weighted by molar-refractivity contribution is 6.30. The van der Waals surface area contributed by atoms with Gasteiger partial charge in [0.25, 0.3) is 0 Å². The van der Waals surface area contributed by atoms with Crippen LogP contribution in [0.5, 0.6) is 0 Å². The third kappa shape index (κ3) is 2.40. The Balaban J connectivity index is 2.06. The highest BCUT2D eigenvalue weighted by Crippen LogP contribution is 2.24. The molecule has 0 saturated heterocycles. The molecule has 0 saturated carbocycles. The van der Waals surface area contributed by atoms with Gasteiger partial charge in [-0.05, 0) is 24.3 Å². The lowest BCUT2D eigenvalue weighted by molar-refractivity contribution is -0.136. The van der Waals surface area contributed by atoms with E-state index in [1.165, 1.54) is 11.7 Å². The van der Waals surface area contributed by atoms with Crippen molar-refractivity contribution in [2.75, 3.05) is 7.11 Å². The van der Waals surface area contributed by atoms with Gasteiger partial charge in [0.15, 0.2) is 0 Å². The van der Waals surface area contributed by atoms with Gasteiger partial charge >= 0.3 is 11.7 Å². The summed E-state index contributed by atoms with van der Waals surface area (Å²) in [6.45, 7) is 0. The van der Waals surface area contributed by atoms with Crippen molar-refractivity contribution in [1.29, 1.82) is 0 Å². The minimum absolute atomic E-state index is 0.302. The maximum absolute atomic E-state index is 12.1. The van der Waals surface area contributed by atoms with Gasteiger partial charge in [-0.15, -0.1) is 0 Å². The second-order valence-electron chi connectivity index (χ2n) is 4.65. The summed E-state index contributed by atoms with van der Waals surface area (Å²) < 4.78 is 11.5. The van der Waals surface area contributed by atoms with Crippen LogP contribution in [0.15, 0.2) is 45.1 Å². The van der Waals surface area contributed by atoms with Crippen molar-refractivity contribution in [3.05, 3.63) is 62.9 Å². The van der Waals surface area contributed by atoms with Crippen LogP contribution in [0, 0.1) is 0 Å². The van der Waals surface area contributed by atoms with E-state index in [1.54, 1.807) is 30.3 Å². The Morgan fingerprint density at radius 2 is 2.05 bits per heavy atom. The quantitative estimate of drug-likeness (QED) is 0.799. The molecular weight excluding hydrogens is 294 g/mol. The number of carbonyl (C=O) groups is 1. The Kier molecular flexibility index (Phi) is 3.43. The first-order chi connectivity index (χ1) is 10.1. The van der Waals surface area contributed by atoms with Gasteiger partial charge in [-0.3, -0.25) is 0 Å². The molecule has 21 heavy (non-hydrogen) atoms. The SMILES string of the molecule is COC(=O)C1=CCc2oc(=O)n(-c3ccc(Cl)cc3)c2C1. The fraction of sp³-hybridized carbons (Fsp3) is 0.200. The molecule has 0 fully saturated rings. The molecule has 1 aliphatic rings. The molecule has 2 aromatic rings. The van der Waals surface area contributed by atoms with E-state index in [-0.39, 0.29) is 0 Å². The van der Waals surface area contributed by atoms with Crippen LogP contribution in [-0.4, -0.2) is 17.6 Å². The van der Waals surface area contributed by atoms with Crippen molar-refractivity contribution in [1.82, 2.24) is 4.57 Å². The Morgan fingerprint density at radius 1 is 1.33 bits per heavy atom. The van der Waals surface area contributed by atoms with Crippen molar-refractivity contribution in [2.24, 2.45) is 0 Å². The first kappa shape index (κ1) is 13.7. The number of fused-ring (bicyclic) bond motifs is 1. The van der Waals surface area contributed by atoms with E-state index in [9.17, 15) is 9.59 Å². The van der Waals surface area contributed by atoms with Gasteiger partial charge in [-0.1, -0.05) is 17.7 Å². The average Bonchev–Trinajstić information content (AvgIpc) is 2.82. The number of methoxy groups -OCH3 is 1. The van der Waals surface area contributed by atoms with E-state index < -0.39 is 11.7 Å². The maximum atomic E-state index is 12.1. The lowest BCUT2D eigenvalue weighted by Crippen LogP contribution is -2.18. The number of nitrogens with zero attached hydrogens (tertiary/aromatic N) is 1. The smallest absolute Gasteiger partial charge is 0.424 e. The number of aromatic nitrogens is 1. The molecule has 1 aromatic heterocycles. The Morgan fingerprint density at radius 3 is 2.71 bits per heavy atom. The summed E-state index contributed by atoms with van der Waals surface area (Å²) in [7, 11) is 1.33. The zero-order valence-corrected chi connectivity index (χ0v) is 12.0. The topological polar surface area (TPSA) is 61.4 Å². The van der Waals surface area contributed by atoms with Crippen LogP contribution in [0.4, 0.5) is 0 Å². The maximum Gasteiger partial charge on any atom is 0.424 e. The number of rotatable bonds is 2. The lowest BCUT2D eigenvalue weighted by Gasteiger charge is -2.13. The summed E-state index contributed by atoms with van der Waals surface area (Å²) in [5, 5.41) is 0.583.